The zero-order chi connectivity index (χ0) is 28.9. The number of carbonyl (C=O) groups excluding carboxylic acids is 2. The molecule has 0 radical (unpaired) electrons. The number of halogens is 3. The van der Waals surface area contributed by atoms with Crippen molar-refractivity contribution in [3.05, 3.63) is 90.4 Å². The first-order valence-corrected chi connectivity index (χ1v) is 13.4. The molecule has 11 nitrogen and oxygen atoms in total. The highest BCUT2D eigenvalue weighted by Gasteiger charge is 2.20. The number of non-ortho nitro benzene ring substituents is 1. The number of hydrogen-bond donors (Lipinski definition) is 2. The standard InChI is InChI=1S/C24H15BrCl2N4O7S/c1-13(32)29-16-3-5-18(6-4-16)39(36,37)38-22-7-2-14(9-19(22)25)8-15(12-28)24(33)30-23-20(26)10-17(31(34)35)11-21(23)27/h2-11H,1H3,(H,29,32)(H,30,33)/b15-8+. The Morgan fingerprint density at radius 3 is 2.21 bits per heavy atom. The number of amides is 2. The fraction of sp³-hybridized carbons (Fsp3) is 0.0417. The lowest BCUT2D eigenvalue weighted by atomic mass is 10.1. The van der Waals surface area contributed by atoms with Gasteiger partial charge in [0.2, 0.25) is 5.91 Å². The summed E-state index contributed by atoms with van der Waals surface area (Å²) in [4.78, 5) is 33.9. The van der Waals surface area contributed by atoms with E-state index in [0.29, 0.717) is 11.3 Å². The first-order valence-electron chi connectivity index (χ1n) is 10.5. The summed E-state index contributed by atoms with van der Waals surface area (Å²) in [5.41, 5.74) is -0.119. The molecule has 200 valence electrons. The van der Waals surface area contributed by atoms with Gasteiger partial charge in [-0.05, 0) is 64.0 Å². The van der Waals surface area contributed by atoms with E-state index in [9.17, 15) is 33.4 Å². The maximum absolute atomic E-state index is 12.7. The van der Waals surface area contributed by atoms with Gasteiger partial charge >= 0.3 is 10.1 Å². The Hall–Kier alpha value is -3.96. The van der Waals surface area contributed by atoms with Crippen LogP contribution in [0.3, 0.4) is 0 Å². The minimum atomic E-state index is -4.23. The Morgan fingerprint density at radius 2 is 1.69 bits per heavy atom. The Bertz CT molecular complexity index is 1650. The van der Waals surface area contributed by atoms with E-state index in [1.807, 2.05) is 0 Å². The second-order valence-corrected chi connectivity index (χ2v) is 10.8. The molecule has 3 aromatic carbocycles. The summed E-state index contributed by atoms with van der Waals surface area (Å²) in [5, 5.41) is 24.9. The summed E-state index contributed by atoms with van der Waals surface area (Å²) in [7, 11) is -4.23. The zero-order valence-corrected chi connectivity index (χ0v) is 23.5. The van der Waals surface area contributed by atoms with Crippen LogP contribution in [-0.2, 0) is 19.7 Å². The van der Waals surface area contributed by atoms with Crippen LogP contribution in [0.2, 0.25) is 10.0 Å². The molecule has 0 atom stereocenters. The van der Waals surface area contributed by atoms with Crippen molar-refractivity contribution in [3.63, 3.8) is 0 Å². The highest BCUT2D eigenvalue weighted by Crippen LogP contribution is 2.35. The number of nitrogens with zero attached hydrogens (tertiary/aromatic N) is 2. The molecule has 0 saturated carbocycles. The summed E-state index contributed by atoms with van der Waals surface area (Å²) in [6, 6.07) is 13.2. The number of nitro benzene ring substituents is 1. The summed E-state index contributed by atoms with van der Waals surface area (Å²) in [5.74, 6) is -1.27. The molecule has 0 heterocycles. The lowest BCUT2D eigenvalue weighted by Gasteiger charge is -2.11. The fourth-order valence-corrected chi connectivity index (χ4v) is 5.13. The summed E-state index contributed by atoms with van der Waals surface area (Å²) >= 11 is 15.2. The van der Waals surface area contributed by atoms with E-state index in [-0.39, 0.29) is 48.0 Å². The van der Waals surface area contributed by atoms with Gasteiger partial charge in [0.1, 0.15) is 16.5 Å². The first kappa shape index (κ1) is 29.6. The number of nitriles is 1. The maximum atomic E-state index is 12.7. The molecule has 0 fully saturated rings. The molecular weight excluding hydrogens is 639 g/mol. The van der Waals surface area contributed by atoms with Gasteiger partial charge in [0.25, 0.3) is 11.6 Å². The molecule has 0 aliphatic heterocycles. The van der Waals surface area contributed by atoms with Crippen molar-refractivity contribution >= 4 is 84.2 Å². The second kappa shape index (κ2) is 12.3. The number of carbonyl (C=O) groups is 2. The zero-order valence-electron chi connectivity index (χ0n) is 19.6. The van der Waals surface area contributed by atoms with Gasteiger partial charge in [-0.1, -0.05) is 29.3 Å². The average Bonchev–Trinajstić information content (AvgIpc) is 2.85. The predicted octanol–water partition coefficient (Wildman–Crippen LogP) is 5.94. The third-order valence-electron chi connectivity index (χ3n) is 4.77. The molecule has 0 unspecified atom stereocenters. The number of nitro groups is 1. The van der Waals surface area contributed by atoms with Gasteiger partial charge < -0.3 is 14.8 Å². The van der Waals surface area contributed by atoms with Gasteiger partial charge in [-0.3, -0.25) is 19.7 Å². The van der Waals surface area contributed by atoms with E-state index < -0.39 is 20.9 Å². The number of hydrogen-bond acceptors (Lipinski definition) is 8. The molecule has 2 amide bonds. The molecule has 0 spiro atoms. The highest BCUT2D eigenvalue weighted by atomic mass is 79.9. The topological polar surface area (TPSA) is 168 Å². The number of anilines is 2. The van der Waals surface area contributed by atoms with Crippen LogP contribution in [0.1, 0.15) is 12.5 Å². The Kier molecular flexibility index (Phi) is 9.31. The van der Waals surface area contributed by atoms with E-state index in [1.54, 1.807) is 6.07 Å². The molecule has 0 saturated heterocycles. The molecule has 2 N–H and O–H groups in total. The number of benzene rings is 3. The average molecular weight is 654 g/mol. The second-order valence-electron chi connectivity index (χ2n) is 7.60. The third kappa shape index (κ3) is 7.55. The van der Waals surface area contributed by atoms with Crippen molar-refractivity contribution in [3.8, 4) is 11.8 Å². The molecule has 3 aromatic rings. The molecule has 0 aromatic heterocycles. The van der Waals surface area contributed by atoms with E-state index >= 15 is 0 Å². The monoisotopic (exact) mass is 652 g/mol. The van der Waals surface area contributed by atoms with Gasteiger partial charge in [-0.25, -0.2) is 0 Å². The normalized spacial score (nSPS) is 11.3. The van der Waals surface area contributed by atoms with Gasteiger partial charge in [0, 0.05) is 24.7 Å². The van der Waals surface area contributed by atoms with Crippen molar-refractivity contribution in [1.29, 1.82) is 5.26 Å². The molecular formula is C24H15BrCl2N4O7S. The van der Waals surface area contributed by atoms with E-state index in [0.717, 1.165) is 12.1 Å². The van der Waals surface area contributed by atoms with Crippen LogP contribution in [0, 0.1) is 21.4 Å². The molecule has 3 rings (SSSR count). The van der Waals surface area contributed by atoms with E-state index in [1.165, 1.54) is 55.5 Å². The Labute approximate surface area is 240 Å². The molecule has 0 aliphatic rings. The lowest BCUT2D eigenvalue weighted by Crippen LogP contribution is -2.14. The van der Waals surface area contributed by atoms with Crippen LogP contribution in [0.25, 0.3) is 6.08 Å². The summed E-state index contributed by atoms with van der Waals surface area (Å²) < 4.78 is 30.8. The third-order valence-corrected chi connectivity index (χ3v) is 7.24. The van der Waals surface area contributed by atoms with Crippen LogP contribution < -0.4 is 14.8 Å². The summed E-state index contributed by atoms with van der Waals surface area (Å²) in [6.07, 6.45) is 1.21. The molecule has 15 heteroatoms. The summed E-state index contributed by atoms with van der Waals surface area (Å²) in [6.45, 7) is 1.32. The van der Waals surface area contributed by atoms with E-state index in [2.05, 4.69) is 26.6 Å². The van der Waals surface area contributed by atoms with Crippen LogP contribution in [0.15, 0.2) is 69.5 Å². The van der Waals surface area contributed by atoms with Gasteiger partial charge in [0.15, 0.2) is 5.75 Å². The van der Waals surface area contributed by atoms with Gasteiger partial charge in [-0.15, -0.1) is 0 Å². The molecule has 39 heavy (non-hydrogen) atoms. The van der Waals surface area contributed by atoms with Crippen molar-refractivity contribution in [1.82, 2.24) is 0 Å². The van der Waals surface area contributed by atoms with Gasteiger partial charge in [0.05, 0.1) is 25.1 Å². The lowest BCUT2D eigenvalue weighted by molar-refractivity contribution is -0.384. The SMILES string of the molecule is CC(=O)Nc1ccc(S(=O)(=O)Oc2ccc(/C=C(\C#N)C(=O)Nc3c(Cl)cc([N+](=O)[O-])cc3Cl)cc2Br)cc1. The van der Waals surface area contributed by atoms with Crippen LogP contribution in [0.5, 0.6) is 5.75 Å². The largest absolute Gasteiger partial charge is 0.378 e. The maximum Gasteiger partial charge on any atom is 0.339 e. The molecule has 0 bridgehead atoms. The van der Waals surface area contributed by atoms with Crippen LogP contribution in [-0.4, -0.2) is 25.2 Å². The fourth-order valence-electron chi connectivity index (χ4n) is 3.03. The highest BCUT2D eigenvalue weighted by molar-refractivity contribution is 9.10. The Balaban J connectivity index is 1.80. The first-order chi connectivity index (χ1) is 18.3. The Morgan fingerprint density at radius 1 is 1.08 bits per heavy atom. The number of rotatable bonds is 8. The van der Waals surface area contributed by atoms with Gasteiger partial charge in [-0.2, -0.15) is 13.7 Å². The minimum Gasteiger partial charge on any atom is -0.378 e. The van der Waals surface area contributed by atoms with Crippen molar-refractivity contribution in [2.45, 2.75) is 11.8 Å². The smallest absolute Gasteiger partial charge is 0.339 e. The predicted molar refractivity (Wildman–Crippen MR) is 148 cm³/mol. The molecule has 0 aliphatic carbocycles. The number of nitrogens with one attached hydrogen (secondary N) is 2. The van der Waals surface area contributed by atoms with E-state index in [4.69, 9.17) is 27.4 Å². The van der Waals surface area contributed by atoms with Crippen LogP contribution >= 0.6 is 39.1 Å². The van der Waals surface area contributed by atoms with Crippen molar-refractivity contribution in [2.75, 3.05) is 10.6 Å². The minimum absolute atomic E-state index is 0.0644. The quantitative estimate of drug-likeness (QED) is 0.0990. The van der Waals surface area contributed by atoms with Crippen LogP contribution in [0.4, 0.5) is 17.1 Å². The van der Waals surface area contributed by atoms with Crippen molar-refractivity contribution in [2.24, 2.45) is 0 Å². The van der Waals surface area contributed by atoms with Crippen molar-refractivity contribution < 1.29 is 27.1 Å².